The van der Waals surface area contributed by atoms with E-state index in [2.05, 4.69) is 42.3 Å². The molecule has 2 amide bonds. The Morgan fingerprint density at radius 2 is 2.09 bits per heavy atom. The number of nitrogens with zero attached hydrogens (tertiary/aromatic N) is 2. The summed E-state index contributed by atoms with van der Waals surface area (Å²) < 4.78 is 0. The second-order valence-electron chi connectivity index (χ2n) is 6.13. The molecule has 1 unspecified atom stereocenters. The summed E-state index contributed by atoms with van der Waals surface area (Å²) in [5, 5.41) is 3.10. The maximum Gasteiger partial charge on any atom is 0.322 e. The van der Waals surface area contributed by atoms with E-state index in [1.165, 1.54) is 18.5 Å². The number of nitrogens with one attached hydrogen (secondary N) is 1. The van der Waals surface area contributed by atoms with Gasteiger partial charge in [0.25, 0.3) is 0 Å². The van der Waals surface area contributed by atoms with Gasteiger partial charge in [0, 0.05) is 31.0 Å². The molecule has 2 aliphatic rings. The first-order valence-corrected chi connectivity index (χ1v) is 8.29. The molecule has 1 N–H and O–H groups in total. The van der Waals surface area contributed by atoms with Crippen LogP contribution in [0.25, 0.3) is 0 Å². The van der Waals surface area contributed by atoms with Gasteiger partial charge in [0.15, 0.2) is 0 Å². The van der Waals surface area contributed by atoms with Gasteiger partial charge in [-0.1, -0.05) is 25.1 Å². The van der Waals surface area contributed by atoms with E-state index < -0.39 is 0 Å². The minimum atomic E-state index is -0.00137. The van der Waals surface area contributed by atoms with Crippen LogP contribution in [-0.2, 0) is 0 Å². The maximum absolute atomic E-state index is 12.5. The van der Waals surface area contributed by atoms with Crippen molar-refractivity contribution < 1.29 is 4.79 Å². The number of amides is 2. The lowest BCUT2D eigenvalue weighted by Gasteiger charge is -2.26. The summed E-state index contributed by atoms with van der Waals surface area (Å²) in [6.07, 6.45) is 7.66. The van der Waals surface area contributed by atoms with E-state index in [-0.39, 0.29) is 12.1 Å². The topological polar surface area (TPSA) is 35.6 Å². The van der Waals surface area contributed by atoms with Crippen LogP contribution < -0.4 is 10.2 Å². The molecule has 3 rings (SSSR count). The SMILES string of the molecule is CCC1C=CCN1C(=O)Nc1cccc(N2CCCC2)c1C. The third-order valence-electron chi connectivity index (χ3n) is 4.73. The Hall–Kier alpha value is -1.97. The number of anilines is 2. The van der Waals surface area contributed by atoms with Gasteiger partial charge in [0.1, 0.15) is 0 Å². The zero-order chi connectivity index (χ0) is 15.5. The molecule has 1 saturated heterocycles. The van der Waals surface area contributed by atoms with Gasteiger partial charge >= 0.3 is 6.03 Å². The lowest BCUT2D eigenvalue weighted by atomic mass is 10.1. The molecule has 118 valence electrons. The number of urea groups is 1. The highest BCUT2D eigenvalue weighted by atomic mass is 16.2. The molecular formula is C18H25N3O. The zero-order valence-electron chi connectivity index (χ0n) is 13.5. The van der Waals surface area contributed by atoms with Gasteiger partial charge in [0.2, 0.25) is 0 Å². The van der Waals surface area contributed by atoms with Crippen LogP contribution in [0.4, 0.5) is 16.2 Å². The number of carbonyl (C=O) groups excluding carboxylic acids is 1. The third kappa shape index (κ3) is 2.82. The number of hydrogen-bond acceptors (Lipinski definition) is 2. The fourth-order valence-electron chi connectivity index (χ4n) is 3.41. The molecule has 22 heavy (non-hydrogen) atoms. The molecule has 4 nitrogen and oxygen atoms in total. The third-order valence-corrected chi connectivity index (χ3v) is 4.73. The molecule has 2 aliphatic heterocycles. The maximum atomic E-state index is 12.5. The molecule has 0 aliphatic carbocycles. The van der Waals surface area contributed by atoms with Crippen molar-refractivity contribution in [3.63, 3.8) is 0 Å². The number of rotatable bonds is 3. The Kier molecular flexibility index (Phi) is 4.36. The molecule has 1 atom stereocenters. The fourth-order valence-corrected chi connectivity index (χ4v) is 3.41. The van der Waals surface area contributed by atoms with Crippen molar-refractivity contribution in [3.8, 4) is 0 Å². The van der Waals surface area contributed by atoms with Gasteiger partial charge in [-0.25, -0.2) is 4.79 Å². The number of hydrogen-bond donors (Lipinski definition) is 1. The summed E-state index contributed by atoms with van der Waals surface area (Å²) in [4.78, 5) is 16.8. The minimum absolute atomic E-state index is 0.00137. The lowest BCUT2D eigenvalue weighted by molar-refractivity contribution is 0.209. The van der Waals surface area contributed by atoms with Gasteiger partial charge in [-0.05, 0) is 43.9 Å². The van der Waals surface area contributed by atoms with Crippen molar-refractivity contribution in [3.05, 3.63) is 35.9 Å². The molecule has 0 spiro atoms. The van der Waals surface area contributed by atoms with Crippen LogP contribution in [0, 0.1) is 6.92 Å². The standard InChI is InChI=1S/C18H25N3O/c1-3-15-8-7-13-21(15)18(22)19-16-9-6-10-17(14(16)2)20-11-4-5-12-20/h6-10,15H,3-5,11-13H2,1-2H3,(H,19,22). The van der Waals surface area contributed by atoms with E-state index in [4.69, 9.17) is 0 Å². The summed E-state index contributed by atoms with van der Waals surface area (Å²) in [5.74, 6) is 0. The van der Waals surface area contributed by atoms with Crippen LogP contribution in [0.2, 0.25) is 0 Å². The van der Waals surface area contributed by atoms with Crippen molar-refractivity contribution in [1.29, 1.82) is 0 Å². The van der Waals surface area contributed by atoms with Gasteiger partial charge in [-0.2, -0.15) is 0 Å². The summed E-state index contributed by atoms with van der Waals surface area (Å²) in [7, 11) is 0. The molecule has 1 fully saturated rings. The van der Waals surface area contributed by atoms with Gasteiger partial charge < -0.3 is 15.1 Å². The molecule has 0 radical (unpaired) electrons. The highest BCUT2D eigenvalue weighted by Gasteiger charge is 2.24. The van der Waals surface area contributed by atoms with Gasteiger partial charge in [-0.15, -0.1) is 0 Å². The molecule has 0 aromatic heterocycles. The first-order valence-electron chi connectivity index (χ1n) is 8.29. The van der Waals surface area contributed by atoms with E-state index in [1.807, 2.05) is 17.0 Å². The summed E-state index contributed by atoms with van der Waals surface area (Å²) in [6, 6.07) is 6.41. The Morgan fingerprint density at radius 3 is 2.82 bits per heavy atom. The van der Waals surface area contributed by atoms with Gasteiger partial charge in [-0.3, -0.25) is 0 Å². The Labute approximate surface area is 132 Å². The first-order chi connectivity index (χ1) is 10.7. The van der Waals surface area contributed by atoms with Crippen molar-refractivity contribution in [2.45, 2.75) is 39.2 Å². The van der Waals surface area contributed by atoms with E-state index >= 15 is 0 Å². The van der Waals surface area contributed by atoms with Crippen LogP contribution in [0.1, 0.15) is 31.7 Å². The van der Waals surface area contributed by atoms with Crippen molar-refractivity contribution in [2.75, 3.05) is 29.9 Å². The van der Waals surface area contributed by atoms with Crippen LogP contribution in [0.5, 0.6) is 0 Å². The van der Waals surface area contributed by atoms with Crippen molar-refractivity contribution in [1.82, 2.24) is 4.90 Å². The van der Waals surface area contributed by atoms with Crippen LogP contribution >= 0.6 is 0 Å². The van der Waals surface area contributed by atoms with E-state index in [1.54, 1.807) is 0 Å². The molecule has 0 bridgehead atoms. The lowest BCUT2D eigenvalue weighted by Crippen LogP contribution is -2.39. The average Bonchev–Trinajstić information content (AvgIpc) is 3.20. The highest BCUT2D eigenvalue weighted by molar-refractivity contribution is 5.92. The van der Waals surface area contributed by atoms with E-state index in [0.29, 0.717) is 6.54 Å². The predicted octanol–water partition coefficient (Wildman–Crippen LogP) is 3.78. The van der Waals surface area contributed by atoms with Crippen LogP contribution in [0.15, 0.2) is 30.4 Å². The molecule has 1 aromatic rings. The summed E-state index contributed by atoms with van der Waals surface area (Å²) >= 11 is 0. The Balaban J connectivity index is 1.75. The average molecular weight is 299 g/mol. The number of carbonyl (C=O) groups is 1. The Morgan fingerprint density at radius 1 is 1.32 bits per heavy atom. The predicted molar refractivity (Wildman–Crippen MR) is 91.6 cm³/mol. The molecule has 2 heterocycles. The van der Waals surface area contributed by atoms with Crippen molar-refractivity contribution in [2.24, 2.45) is 0 Å². The summed E-state index contributed by atoms with van der Waals surface area (Å²) in [6.45, 7) is 7.15. The monoisotopic (exact) mass is 299 g/mol. The second-order valence-corrected chi connectivity index (χ2v) is 6.13. The van der Waals surface area contributed by atoms with E-state index in [9.17, 15) is 4.79 Å². The Bertz CT molecular complexity index is 576. The van der Waals surface area contributed by atoms with Gasteiger partial charge in [0.05, 0.1) is 6.04 Å². The number of benzene rings is 1. The molecule has 0 saturated carbocycles. The van der Waals surface area contributed by atoms with Crippen molar-refractivity contribution >= 4 is 17.4 Å². The van der Waals surface area contributed by atoms with E-state index in [0.717, 1.165) is 30.8 Å². The highest BCUT2D eigenvalue weighted by Crippen LogP contribution is 2.29. The zero-order valence-corrected chi connectivity index (χ0v) is 13.5. The summed E-state index contributed by atoms with van der Waals surface area (Å²) in [5.41, 5.74) is 3.34. The van der Waals surface area contributed by atoms with Crippen LogP contribution in [-0.4, -0.2) is 36.6 Å². The molecular weight excluding hydrogens is 274 g/mol. The quantitative estimate of drug-likeness (QED) is 0.862. The second kappa shape index (κ2) is 6.42. The normalized spacial score (nSPS) is 20.7. The minimum Gasteiger partial charge on any atom is -0.371 e. The first kappa shape index (κ1) is 14.9. The molecule has 4 heteroatoms. The molecule has 1 aromatic carbocycles. The fraction of sp³-hybridized carbons (Fsp3) is 0.500. The largest absolute Gasteiger partial charge is 0.371 e. The van der Waals surface area contributed by atoms with Crippen LogP contribution in [0.3, 0.4) is 0 Å². The smallest absolute Gasteiger partial charge is 0.322 e.